The van der Waals surface area contributed by atoms with Gasteiger partial charge in [-0.05, 0) is 62.2 Å². The van der Waals surface area contributed by atoms with Gasteiger partial charge in [0.1, 0.15) is 0 Å². The third-order valence-corrected chi connectivity index (χ3v) is 4.83. The van der Waals surface area contributed by atoms with Gasteiger partial charge in [-0.25, -0.2) is 0 Å². The first-order valence-corrected chi connectivity index (χ1v) is 8.23. The summed E-state index contributed by atoms with van der Waals surface area (Å²) < 4.78 is 2.03. The first kappa shape index (κ1) is 16.2. The third kappa shape index (κ3) is 3.95. The predicted molar refractivity (Wildman–Crippen MR) is 93.5 cm³/mol. The van der Waals surface area contributed by atoms with Crippen molar-refractivity contribution in [2.75, 3.05) is 0 Å². The molecule has 2 aromatic rings. The molecule has 0 fully saturated rings. The fourth-order valence-electron chi connectivity index (χ4n) is 2.08. The van der Waals surface area contributed by atoms with Crippen LogP contribution in [0.25, 0.3) is 0 Å². The van der Waals surface area contributed by atoms with Crippen molar-refractivity contribution in [2.45, 2.75) is 26.3 Å². The normalized spacial score (nSPS) is 11.3. The van der Waals surface area contributed by atoms with Gasteiger partial charge in [0.25, 0.3) is 5.91 Å². The molecular weight excluding hydrogens is 394 g/mol. The average molecular weight is 411 g/mol. The van der Waals surface area contributed by atoms with Crippen LogP contribution in [0, 0.1) is 6.92 Å². The fraction of sp³-hybridized carbons (Fsp3) is 0.235. The summed E-state index contributed by atoms with van der Waals surface area (Å²) in [6.45, 7) is 5.97. The quantitative estimate of drug-likeness (QED) is 0.741. The molecule has 0 unspecified atom stereocenters. The lowest BCUT2D eigenvalue weighted by Gasteiger charge is -2.27. The van der Waals surface area contributed by atoms with Crippen LogP contribution in [-0.2, 0) is 5.54 Å². The summed E-state index contributed by atoms with van der Waals surface area (Å²) in [4.78, 5) is 12.4. The van der Waals surface area contributed by atoms with Gasteiger partial charge in [0, 0.05) is 14.5 Å². The molecular formula is C17H17Br2NO. The summed E-state index contributed by atoms with van der Waals surface area (Å²) in [7, 11) is 0. The molecule has 0 aliphatic heterocycles. The second kappa shape index (κ2) is 6.32. The zero-order valence-electron chi connectivity index (χ0n) is 12.2. The van der Waals surface area contributed by atoms with E-state index in [4.69, 9.17) is 0 Å². The standard InChI is InChI=1S/C17H17Br2NO/c1-11-10-12(4-9-15(11)19)16(21)20-17(2,3)13-5-7-14(18)8-6-13/h4-10H,1-3H3,(H,20,21). The lowest BCUT2D eigenvalue weighted by atomic mass is 9.94. The molecule has 2 rings (SSSR count). The van der Waals surface area contributed by atoms with Crippen molar-refractivity contribution in [3.8, 4) is 0 Å². The third-order valence-electron chi connectivity index (χ3n) is 3.41. The summed E-state index contributed by atoms with van der Waals surface area (Å²) in [6.07, 6.45) is 0. The first-order chi connectivity index (χ1) is 9.79. The minimum absolute atomic E-state index is 0.0708. The molecule has 110 valence electrons. The van der Waals surface area contributed by atoms with Crippen molar-refractivity contribution in [2.24, 2.45) is 0 Å². The zero-order valence-corrected chi connectivity index (χ0v) is 15.4. The smallest absolute Gasteiger partial charge is 0.251 e. The van der Waals surface area contributed by atoms with Gasteiger partial charge in [0.05, 0.1) is 5.54 Å². The van der Waals surface area contributed by atoms with Gasteiger partial charge in [0.15, 0.2) is 0 Å². The van der Waals surface area contributed by atoms with E-state index in [1.54, 1.807) is 0 Å². The number of rotatable bonds is 3. The Morgan fingerprint density at radius 1 is 1.05 bits per heavy atom. The summed E-state index contributed by atoms with van der Waals surface area (Å²) in [6, 6.07) is 13.6. The van der Waals surface area contributed by atoms with Crippen LogP contribution in [0.2, 0.25) is 0 Å². The monoisotopic (exact) mass is 409 g/mol. The average Bonchev–Trinajstić information content (AvgIpc) is 2.41. The molecule has 21 heavy (non-hydrogen) atoms. The van der Waals surface area contributed by atoms with E-state index in [2.05, 4.69) is 37.2 Å². The number of aryl methyl sites for hydroxylation is 1. The maximum atomic E-state index is 12.4. The van der Waals surface area contributed by atoms with E-state index in [9.17, 15) is 4.79 Å². The van der Waals surface area contributed by atoms with Gasteiger partial charge in [-0.3, -0.25) is 4.79 Å². The molecule has 0 atom stereocenters. The van der Waals surface area contributed by atoms with Crippen molar-refractivity contribution in [1.82, 2.24) is 5.32 Å². The van der Waals surface area contributed by atoms with Crippen LogP contribution in [-0.4, -0.2) is 5.91 Å². The lowest BCUT2D eigenvalue weighted by molar-refractivity contribution is 0.0912. The Morgan fingerprint density at radius 3 is 2.24 bits per heavy atom. The Labute approximate surface area is 142 Å². The number of amides is 1. The molecule has 1 amide bonds. The zero-order chi connectivity index (χ0) is 15.6. The largest absolute Gasteiger partial charge is 0.343 e. The van der Waals surface area contributed by atoms with Gasteiger partial charge in [-0.15, -0.1) is 0 Å². The molecule has 0 aliphatic rings. The van der Waals surface area contributed by atoms with Crippen LogP contribution in [0.4, 0.5) is 0 Å². The van der Waals surface area contributed by atoms with Crippen molar-refractivity contribution >= 4 is 37.8 Å². The Kier molecular flexibility index (Phi) is 4.89. The van der Waals surface area contributed by atoms with Crippen LogP contribution in [0.15, 0.2) is 51.4 Å². The van der Waals surface area contributed by atoms with Crippen LogP contribution in [0.5, 0.6) is 0 Å². The second-order valence-corrected chi connectivity index (χ2v) is 7.32. The lowest BCUT2D eigenvalue weighted by Crippen LogP contribution is -2.41. The molecule has 0 bridgehead atoms. The van der Waals surface area contributed by atoms with E-state index in [-0.39, 0.29) is 5.91 Å². The van der Waals surface area contributed by atoms with E-state index in [0.29, 0.717) is 5.56 Å². The number of carbonyl (C=O) groups is 1. The Morgan fingerprint density at radius 2 is 1.67 bits per heavy atom. The molecule has 0 saturated heterocycles. The van der Waals surface area contributed by atoms with Crippen molar-refractivity contribution in [3.63, 3.8) is 0 Å². The molecule has 4 heteroatoms. The highest BCUT2D eigenvalue weighted by atomic mass is 79.9. The van der Waals surface area contributed by atoms with Crippen molar-refractivity contribution in [1.29, 1.82) is 0 Å². The fourth-order valence-corrected chi connectivity index (χ4v) is 2.59. The highest BCUT2D eigenvalue weighted by Gasteiger charge is 2.23. The Bertz CT molecular complexity index is 663. The number of nitrogens with one attached hydrogen (secondary N) is 1. The molecule has 0 heterocycles. The van der Waals surface area contributed by atoms with Crippen molar-refractivity contribution in [3.05, 3.63) is 68.1 Å². The van der Waals surface area contributed by atoms with Gasteiger partial charge < -0.3 is 5.32 Å². The number of benzene rings is 2. The minimum Gasteiger partial charge on any atom is -0.343 e. The van der Waals surface area contributed by atoms with Gasteiger partial charge in [-0.2, -0.15) is 0 Å². The van der Waals surface area contributed by atoms with Crippen LogP contribution < -0.4 is 5.32 Å². The summed E-state index contributed by atoms with van der Waals surface area (Å²) in [5.74, 6) is -0.0708. The van der Waals surface area contributed by atoms with Crippen molar-refractivity contribution < 1.29 is 4.79 Å². The molecule has 0 spiro atoms. The topological polar surface area (TPSA) is 29.1 Å². The molecule has 1 N–H and O–H groups in total. The maximum absolute atomic E-state index is 12.4. The van der Waals surface area contributed by atoms with Gasteiger partial charge >= 0.3 is 0 Å². The second-order valence-electron chi connectivity index (χ2n) is 5.55. The molecule has 2 aromatic carbocycles. The Hall–Kier alpha value is -1.13. The molecule has 0 aliphatic carbocycles. The number of carbonyl (C=O) groups excluding carboxylic acids is 1. The molecule has 0 radical (unpaired) electrons. The highest BCUT2D eigenvalue weighted by Crippen LogP contribution is 2.23. The minimum atomic E-state index is -0.432. The Balaban J connectivity index is 2.21. The van der Waals surface area contributed by atoms with Crippen LogP contribution in [0.3, 0.4) is 0 Å². The van der Waals surface area contributed by atoms with Gasteiger partial charge in [0.2, 0.25) is 0 Å². The molecule has 0 saturated carbocycles. The predicted octanol–water partition coefficient (Wildman–Crippen LogP) is 5.19. The maximum Gasteiger partial charge on any atom is 0.251 e. The van der Waals surface area contributed by atoms with E-state index in [0.717, 1.165) is 20.1 Å². The summed E-state index contributed by atoms with van der Waals surface area (Å²) in [5, 5.41) is 3.09. The summed E-state index contributed by atoms with van der Waals surface area (Å²) in [5.41, 5.74) is 2.34. The van der Waals surface area contributed by atoms with Crippen LogP contribution in [0.1, 0.15) is 35.3 Å². The van der Waals surface area contributed by atoms with E-state index in [1.807, 2.05) is 63.2 Å². The number of halogens is 2. The van der Waals surface area contributed by atoms with Gasteiger partial charge in [-0.1, -0.05) is 44.0 Å². The summed E-state index contributed by atoms with van der Waals surface area (Å²) >= 11 is 6.87. The highest BCUT2D eigenvalue weighted by molar-refractivity contribution is 9.10. The number of hydrogen-bond donors (Lipinski definition) is 1. The molecule has 0 aromatic heterocycles. The van der Waals surface area contributed by atoms with E-state index in [1.165, 1.54) is 0 Å². The number of hydrogen-bond acceptors (Lipinski definition) is 1. The molecule has 2 nitrogen and oxygen atoms in total. The van der Waals surface area contributed by atoms with Crippen LogP contribution >= 0.6 is 31.9 Å². The first-order valence-electron chi connectivity index (χ1n) is 6.64. The van der Waals surface area contributed by atoms with E-state index < -0.39 is 5.54 Å². The van der Waals surface area contributed by atoms with E-state index >= 15 is 0 Å². The SMILES string of the molecule is Cc1cc(C(=O)NC(C)(C)c2ccc(Br)cc2)ccc1Br.